The Morgan fingerprint density at radius 1 is 1.22 bits per heavy atom. The van der Waals surface area contributed by atoms with Crippen LogP contribution >= 0.6 is 11.3 Å². The summed E-state index contributed by atoms with van der Waals surface area (Å²) in [5.41, 5.74) is 1.33. The number of ether oxygens (including phenoxy) is 1. The number of amides is 1. The second-order valence-corrected chi connectivity index (χ2v) is 7.87. The molecule has 0 radical (unpaired) electrons. The van der Waals surface area contributed by atoms with Gasteiger partial charge in [0, 0.05) is 11.9 Å². The molecule has 1 aromatic heterocycles. The summed E-state index contributed by atoms with van der Waals surface area (Å²) in [6.45, 7) is 7.42. The SMILES string of the molecule is CC[C@@H](C(=O)N(CCC(C)C)Cc1nc(C(=O)OC)cs1)c1ccccc1. The number of carbonyl (C=O) groups excluding carboxylic acids is 2. The van der Waals surface area contributed by atoms with Gasteiger partial charge in [-0.25, -0.2) is 9.78 Å². The number of nitrogens with zero attached hydrogens (tertiary/aromatic N) is 2. The van der Waals surface area contributed by atoms with Gasteiger partial charge >= 0.3 is 5.97 Å². The first kappa shape index (κ1) is 21.1. The first-order valence-electron chi connectivity index (χ1n) is 9.32. The Balaban J connectivity index is 2.20. The highest BCUT2D eigenvalue weighted by atomic mass is 32.1. The molecule has 1 atom stereocenters. The first-order valence-corrected chi connectivity index (χ1v) is 10.2. The van der Waals surface area contributed by atoms with Crippen molar-refractivity contribution in [3.63, 3.8) is 0 Å². The summed E-state index contributed by atoms with van der Waals surface area (Å²) in [6, 6.07) is 9.90. The number of hydrogen-bond donors (Lipinski definition) is 0. The van der Waals surface area contributed by atoms with Crippen molar-refractivity contribution in [3.8, 4) is 0 Å². The van der Waals surface area contributed by atoms with Crippen molar-refractivity contribution >= 4 is 23.2 Å². The predicted molar refractivity (Wildman–Crippen MR) is 108 cm³/mol. The minimum Gasteiger partial charge on any atom is -0.464 e. The third kappa shape index (κ3) is 5.89. The number of carbonyl (C=O) groups is 2. The van der Waals surface area contributed by atoms with Crippen molar-refractivity contribution in [1.29, 1.82) is 0 Å². The molecule has 0 fully saturated rings. The second kappa shape index (κ2) is 10.2. The predicted octanol–water partition coefficient (Wildman–Crippen LogP) is 4.50. The molecule has 27 heavy (non-hydrogen) atoms. The van der Waals surface area contributed by atoms with Gasteiger partial charge in [0.1, 0.15) is 5.01 Å². The zero-order valence-electron chi connectivity index (χ0n) is 16.5. The van der Waals surface area contributed by atoms with Crippen LogP contribution in [0.3, 0.4) is 0 Å². The van der Waals surface area contributed by atoms with Gasteiger partial charge in [0.15, 0.2) is 5.69 Å². The highest BCUT2D eigenvalue weighted by Crippen LogP contribution is 2.24. The minimum atomic E-state index is -0.451. The van der Waals surface area contributed by atoms with Crippen LogP contribution in [0.1, 0.15) is 60.6 Å². The molecule has 1 aromatic carbocycles. The van der Waals surface area contributed by atoms with E-state index in [-0.39, 0.29) is 11.8 Å². The molecule has 0 spiro atoms. The van der Waals surface area contributed by atoms with Crippen LogP contribution in [0.25, 0.3) is 0 Å². The summed E-state index contributed by atoms with van der Waals surface area (Å²) < 4.78 is 4.72. The molecule has 2 aromatic rings. The molecular weight excluding hydrogens is 360 g/mol. The first-order chi connectivity index (χ1) is 13.0. The quantitative estimate of drug-likeness (QED) is 0.594. The van der Waals surface area contributed by atoms with E-state index in [1.165, 1.54) is 18.4 Å². The van der Waals surface area contributed by atoms with Crippen LogP contribution in [0, 0.1) is 5.92 Å². The molecule has 0 unspecified atom stereocenters. The maximum atomic E-state index is 13.3. The molecule has 0 aliphatic carbocycles. The summed E-state index contributed by atoms with van der Waals surface area (Å²) in [5, 5.41) is 2.43. The summed E-state index contributed by atoms with van der Waals surface area (Å²) in [5.74, 6) is -0.00938. The Morgan fingerprint density at radius 2 is 1.93 bits per heavy atom. The number of rotatable bonds is 9. The normalized spacial score (nSPS) is 12.0. The number of thiazole rings is 1. The highest BCUT2D eigenvalue weighted by Gasteiger charge is 2.25. The van der Waals surface area contributed by atoms with E-state index in [9.17, 15) is 9.59 Å². The van der Waals surface area contributed by atoms with Gasteiger partial charge in [0.25, 0.3) is 0 Å². The van der Waals surface area contributed by atoms with E-state index in [2.05, 4.69) is 18.8 Å². The van der Waals surface area contributed by atoms with E-state index >= 15 is 0 Å². The van der Waals surface area contributed by atoms with E-state index in [0.717, 1.165) is 23.4 Å². The van der Waals surface area contributed by atoms with E-state index in [4.69, 9.17) is 4.74 Å². The summed E-state index contributed by atoms with van der Waals surface area (Å²) >= 11 is 1.38. The lowest BCUT2D eigenvalue weighted by Crippen LogP contribution is -2.36. The number of aromatic nitrogens is 1. The fourth-order valence-electron chi connectivity index (χ4n) is 2.88. The topological polar surface area (TPSA) is 59.5 Å². The number of methoxy groups -OCH3 is 1. The fourth-order valence-corrected chi connectivity index (χ4v) is 3.66. The van der Waals surface area contributed by atoms with E-state index in [0.29, 0.717) is 24.7 Å². The van der Waals surface area contributed by atoms with Crippen LogP contribution in [-0.4, -0.2) is 35.4 Å². The van der Waals surface area contributed by atoms with E-state index in [1.807, 2.05) is 42.2 Å². The molecule has 2 rings (SSSR count). The van der Waals surface area contributed by atoms with E-state index < -0.39 is 5.97 Å². The molecule has 0 N–H and O–H groups in total. The average Bonchev–Trinajstić information content (AvgIpc) is 3.14. The third-order valence-electron chi connectivity index (χ3n) is 4.47. The highest BCUT2D eigenvalue weighted by molar-refractivity contribution is 7.09. The molecule has 0 bridgehead atoms. The molecule has 6 heteroatoms. The summed E-state index contributed by atoms with van der Waals surface area (Å²) in [7, 11) is 1.34. The molecule has 0 saturated heterocycles. The van der Waals surface area contributed by atoms with Crippen molar-refractivity contribution in [2.75, 3.05) is 13.7 Å². The van der Waals surface area contributed by atoms with Gasteiger partial charge in [-0.05, 0) is 24.3 Å². The van der Waals surface area contributed by atoms with Gasteiger partial charge in [0.05, 0.1) is 19.6 Å². The molecule has 0 saturated carbocycles. The average molecular weight is 389 g/mol. The standard InChI is InChI=1S/C21H28N2O3S/c1-5-17(16-9-7-6-8-10-16)20(24)23(12-11-15(2)3)13-19-22-18(14-27-19)21(25)26-4/h6-10,14-15,17H,5,11-13H2,1-4H3/t17-/m1/s1. The van der Waals surface area contributed by atoms with Crippen LogP contribution in [0.5, 0.6) is 0 Å². The molecule has 0 aliphatic heterocycles. The smallest absolute Gasteiger partial charge is 0.357 e. The molecule has 1 heterocycles. The Kier molecular flexibility index (Phi) is 7.98. The molecule has 146 valence electrons. The van der Waals surface area contributed by atoms with Crippen LogP contribution in [0.4, 0.5) is 0 Å². The maximum Gasteiger partial charge on any atom is 0.357 e. The zero-order valence-corrected chi connectivity index (χ0v) is 17.3. The van der Waals surface area contributed by atoms with Gasteiger partial charge in [-0.15, -0.1) is 11.3 Å². The number of hydrogen-bond acceptors (Lipinski definition) is 5. The Bertz CT molecular complexity index is 743. The minimum absolute atomic E-state index is 0.110. The van der Waals surface area contributed by atoms with Crippen LogP contribution < -0.4 is 0 Å². The van der Waals surface area contributed by atoms with Gasteiger partial charge in [-0.3, -0.25) is 4.79 Å². The maximum absolute atomic E-state index is 13.3. The summed E-state index contributed by atoms with van der Waals surface area (Å²) in [6.07, 6.45) is 1.67. The zero-order chi connectivity index (χ0) is 19.8. The van der Waals surface area contributed by atoms with Gasteiger partial charge in [-0.2, -0.15) is 0 Å². The molecule has 0 aliphatic rings. The third-order valence-corrected chi connectivity index (χ3v) is 5.30. The van der Waals surface area contributed by atoms with Crippen molar-refractivity contribution < 1.29 is 14.3 Å². The molecule has 5 nitrogen and oxygen atoms in total. The van der Waals surface area contributed by atoms with E-state index in [1.54, 1.807) is 5.38 Å². The van der Waals surface area contributed by atoms with Crippen molar-refractivity contribution in [3.05, 3.63) is 52.0 Å². The van der Waals surface area contributed by atoms with Gasteiger partial charge in [-0.1, -0.05) is 51.1 Å². The Morgan fingerprint density at radius 3 is 2.52 bits per heavy atom. The van der Waals surface area contributed by atoms with Gasteiger partial charge < -0.3 is 9.64 Å². The van der Waals surface area contributed by atoms with Crippen molar-refractivity contribution in [2.45, 2.75) is 46.1 Å². The molecular formula is C21H28N2O3S. The lowest BCUT2D eigenvalue weighted by Gasteiger charge is -2.27. The largest absolute Gasteiger partial charge is 0.464 e. The summed E-state index contributed by atoms with van der Waals surface area (Å²) in [4.78, 5) is 31.2. The molecule has 1 amide bonds. The second-order valence-electron chi connectivity index (χ2n) is 6.93. The number of esters is 1. The fraction of sp³-hybridized carbons (Fsp3) is 0.476. The lowest BCUT2D eigenvalue weighted by atomic mass is 9.94. The van der Waals surface area contributed by atoms with Crippen LogP contribution in [0.15, 0.2) is 35.7 Å². The Hall–Kier alpha value is -2.21. The Labute approximate surface area is 165 Å². The number of benzene rings is 1. The van der Waals surface area contributed by atoms with Crippen molar-refractivity contribution in [2.24, 2.45) is 5.92 Å². The monoisotopic (exact) mass is 388 g/mol. The van der Waals surface area contributed by atoms with Crippen LogP contribution in [-0.2, 0) is 16.1 Å². The van der Waals surface area contributed by atoms with Crippen LogP contribution in [0.2, 0.25) is 0 Å². The lowest BCUT2D eigenvalue weighted by molar-refractivity contribution is -0.133. The van der Waals surface area contributed by atoms with Crippen molar-refractivity contribution in [1.82, 2.24) is 9.88 Å². The van der Waals surface area contributed by atoms with Gasteiger partial charge in [0.2, 0.25) is 5.91 Å².